The van der Waals surface area contributed by atoms with Gasteiger partial charge in [0.15, 0.2) is 0 Å². The molecule has 2 rings (SSSR count). The van der Waals surface area contributed by atoms with E-state index in [0.29, 0.717) is 5.82 Å². The molecular formula is C14H21N5. The maximum Gasteiger partial charge on any atom is 0.133 e. The van der Waals surface area contributed by atoms with E-state index >= 15 is 0 Å². The summed E-state index contributed by atoms with van der Waals surface area (Å²) in [4.78, 5) is 10.5. The zero-order chi connectivity index (χ0) is 13.5. The highest BCUT2D eigenvalue weighted by Gasteiger charge is 2.15. The van der Waals surface area contributed by atoms with Gasteiger partial charge in [-0.2, -0.15) is 5.26 Å². The molecule has 0 aromatic carbocycles. The fraction of sp³-hybridized carbons (Fsp3) is 0.643. The highest BCUT2D eigenvalue weighted by molar-refractivity contribution is 5.48. The third-order valence-corrected chi connectivity index (χ3v) is 3.74. The van der Waals surface area contributed by atoms with Crippen LogP contribution in [0.15, 0.2) is 12.4 Å². The van der Waals surface area contributed by atoms with Crippen LogP contribution in [0.5, 0.6) is 0 Å². The minimum Gasteiger partial charge on any atom is -0.360 e. The van der Waals surface area contributed by atoms with Gasteiger partial charge >= 0.3 is 0 Å². The molecule has 102 valence electrons. The molecule has 1 saturated carbocycles. The maximum atomic E-state index is 8.55. The van der Waals surface area contributed by atoms with E-state index in [0.717, 1.165) is 18.3 Å². The Bertz CT molecular complexity index is 434. The van der Waals surface area contributed by atoms with E-state index in [9.17, 15) is 0 Å². The predicted octanol–water partition coefficient (Wildman–Crippen LogP) is 2.43. The van der Waals surface area contributed by atoms with E-state index in [1.54, 1.807) is 6.33 Å². The Kier molecular flexibility index (Phi) is 4.96. The Hall–Kier alpha value is -1.83. The minimum atomic E-state index is 0.266. The number of nitriles is 1. The van der Waals surface area contributed by atoms with Crippen LogP contribution in [0.3, 0.4) is 0 Å². The lowest BCUT2D eigenvalue weighted by Crippen LogP contribution is -2.21. The molecule has 1 fully saturated rings. The number of nitrogens with zero attached hydrogens (tertiary/aromatic N) is 4. The minimum absolute atomic E-state index is 0.266. The average molecular weight is 259 g/mol. The lowest BCUT2D eigenvalue weighted by atomic mass is 10.0. The highest BCUT2D eigenvalue weighted by atomic mass is 15.2. The second kappa shape index (κ2) is 6.93. The van der Waals surface area contributed by atoms with Gasteiger partial charge in [-0.05, 0) is 12.3 Å². The Morgan fingerprint density at radius 1 is 1.42 bits per heavy atom. The standard InChI is InChI=1S/C14H21N5/c1-19(9-6-12-4-2-3-5-12)14-10-13(16-8-7-15)17-11-18-14/h10-12H,2-6,8-9H2,1H3,(H,16,17,18). The fourth-order valence-corrected chi connectivity index (χ4v) is 2.57. The fourth-order valence-electron chi connectivity index (χ4n) is 2.57. The zero-order valence-electron chi connectivity index (χ0n) is 11.5. The molecule has 19 heavy (non-hydrogen) atoms. The van der Waals surface area contributed by atoms with Gasteiger partial charge in [-0.3, -0.25) is 0 Å². The van der Waals surface area contributed by atoms with Crippen LogP contribution in [0.25, 0.3) is 0 Å². The van der Waals surface area contributed by atoms with Crippen molar-refractivity contribution in [2.45, 2.75) is 32.1 Å². The molecule has 0 unspecified atom stereocenters. The largest absolute Gasteiger partial charge is 0.360 e. The predicted molar refractivity (Wildman–Crippen MR) is 76.0 cm³/mol. The van der Waals surface area contributed by atoms with Crippen molar-refractivity contribution in [2.24, 2.45) is 5.92 Å². The van der Waals surface area contributed by atoms with Crippen LogP contribution in [0.4, 0.5) is 11.6 Å². The molecule has 0 atom stereocenters. The molecule has 0 spiro atoms. The molecule has 0 radical (unpaired) electrons. The molecule has 1 heterocycles. The summed E-state index contributed by atoms with van der Waals surface area (Å²) in [6, 6.07) is 3.94. The van der Waals surface area contributed by atoms with Gasteiger partial charge in [0.25, 0.3) is 0 Å². The molecule has 1 aliphatic rings. The van der Waals surface area contributed by atoms with E-state index in [1.165, 1.54) is 32.1 Å². The van der Waals surface area contributed by atoms with Crippen molar-refractivity contribution in [3.8, 4) is 6.07 Å². The topological polar surface area (TPSA) is 64.8 Å². The summed E-state index contributed by atoms with van der Waals surface area (Å²) in [5.74, 6) is 2.51. The van der Waals surface area contributed by atoms with Crippen molar-refractivity contribution in [1.82, 2.24) is 9.97 Å². The monoisotopic (exact) mass is 259 g/mol. The quantitative estimate of drug-likeness (QED) is 0.795. The van der Waals surface area contributed by atoms with Gasteiger partial charge in [0.05, 0.1) is 6.07 Å². The van der Waals surface area contributed by atoms with Crippen molar-refractivity contribution in [3.05, 3.63) is 12.4 Å². The first-order chi connectivity index (χ1) is 9.29. The summed E-state index contributed by atoms with van der Waals surface area (Å²) in [6.45, 7) is 1.29. The molecule has 5 nitrogen and oxygen atoms in total. The van der Waals surface area contributed by atoms with E-state index < -0.39 is 0 Å². The van der Waals surface area contributed by atoms with Crippen LogP contribution < -0.4 is 10.2 Å². The average Bonchev–Trinajstić information content (AvgIpc) is 2.96. The van der Waals surface area contributed by atoms with Crippen molar-refractivity contribution in [2.75, 3.05) is 30.4 Å². The second-order valence-corrected chi connectivity index (χ2v) is 5.13. The lowest BCUT2D eigenvalue weighted by molar-refractivity contribution is 0.504. The van der Waals surface area contributed by atoms with Crippen molar-refractivity contribution in [1.29, 1.82) is 5.26 Å². The number of anilines is 2. The van der Waals surface area contributed by atoms with E-state index in [1.807, 2.05) is 12.1 Å². The van der Waals surface area contributed by atoms with Crippen molar-refractivity contribution >= 4 is 11.6 Å². The Morgan fingerprint density at radius 3 is 2.95 bits per heavy atom. The first kappa shape index (κ1) is 13.6. The smallest absolute Gasteiger partial charge is 0.133 e. The number of rotatable bonds is 6. The van der Waals surface area contributed by atoms with Gasteiger partial charge in [-0.25, -0.2) is 9.97 Å². The molecule has 1 aromatic heterocycles. The van der Waals surface area contributed by atoms with Crippen LogP contribution in [-0.2, 0) is 0 Å². The van der Waals surface area contributed by atoms with Gasteiger partial charge in [0.1, 0.15) is 24.5 Å². The van der Waals surface area contributed by atoms with Gasteiger partial charge in [-0.15, -0.1) is 0 Å². The second-order valence-electron chi connectivity index (χ2n) is 5.13. The number of aromatic nitrogens is 2. The van der Waals surface area contributed by atoms with E-state index in [2.05, 4.69) is 27.2 Å². The summed E-state index contributed by atoms with van der Waals surface area (Å²) in [5, 5.41) is 11.5. The SMILES string of the molecule is CN(CCC1CCCC1)c1cc(NCC#N)ncn1. The number of nitrogens with one attached hydrogen (secondary N) is 1. The molecular weight excluding hydrogens is 238 g/mol. The van der Waals surface area contributed by atoms with Crippen molar-refractivity contribution < 1.29 is 0 Å². The van der Waals surface area contributed by atoms with Crippen LogP contribution >= 0.6 is 0 Å². The summed E-state index contributed by atoms with van der Waals surface area (Å²) >= 11 is 0. The lowest BCUT2D eigenvalue weighted by Gasteiger charge is -2.20. The Labute approximate surface area is 114 Å². The summed E-state index contributed by atoms with van der Waals surface area (Å²) in [5.41, 5.74) is 0. The van der Waals surface area contributed by atoms with E-state index in [-0.39, 0.29) is 6.54 Å². The molecule has 1 aromatic rings. The number of hydrogen-bond acceptors (Lipinski definition) is 5. The third-order valence-electron chi connectivity index (χ3n) is 3.74. The summed E-state index contributed by atoms with van der Waals surface area (Å²) in [7, 11) is 2.06. The van der Waals surface area contributed by atoms with Crippen LogP contribution in [0.1, 0.15) is 32.1 Å². The first-order valence-electron chi connectivity index (χ1n) is 6.93. The van der Waals surface area contributed by atoms with Crippen LogP contribution in [0, 0.1) is 17.2 Å². The van der Waals surface area contributed by atoms with Gasteiger partial charge in [-0.1, -0.05) is 25.7 Å². The van der Waals surface area contributed by atoms with Gasteiger partial charge < -0.3 is 10.2 Å². The molecule has 1 N–H and O–H groups in total. The van der Waals surface area contributed by atoms with Gasteiger partial charge in [0.2, 0.25) is 0 Å². The molecule has 0 amide bonds. The summed E-state index contributed by atoms with van der Waals surface area (Å²) < 4.78 is 0. The van der Waals surface area contributed by atoms with E-state index in [4.69, 9.17) is 5.26 Å². The third kappa shape index (κ3) is 4.09. The molecule has 5 heteroatoms. The van der Waals surface area contributed by atoms with Crippen LogP contribution in [0.2, 0.25) is 0 Å². The Balaban J connectivity index is 1.86. The zero-order valence-corrected chi connectivity index (χ0v) is 11.5. The molecule has 0 aliphatic heterocycles. The van der Waals surface area contributed by atoms with Crippen molar-refractivity contribution in [3.63, 3.8) is 0 Å². The Morgan fingerprint density at radius 2 is 2.21 bits per heavy atom. The highest BCUT2D eigenvalue weighted by Crippen LogP contribution is 2.28. The maximum absolute atomic E-state index is 8.55. The molecule has 0 saturated heterocycles. The first-order valence-corrected chi connectivity index (χ1v) is 6.93. The summed E-state index contributed by atoms with van der Waals surface area (Å²) in [6.07, 6.45) is 8.33. The van der Waals surface area contributed by atoms with Gasteiger partial charge in [0, 0.05) is 19.7 Å². The molecule has 1 aliphatic carbocycles. The number of hydrogen-bond donors (Lipinski definition) is 1. The molecule has 0 bridgehead atoms. The van der Waals surface area contributed by atoms with Crippen LogP contribution in [-0.4, -0.2) is 30.1 Å². The normalized spacial score (nSPS) is 15.2.